The number of ether oxygens (including phenoxy) is 1. The van der Waals surface area contributed by atoms with Gasteiger partial charge in [0.25, 0.3) is 0 Å². The summed E-state index contributed by atoms with van der Waals surface area (Å²) in [6.07, 6.45) is 4.45. The first-order valence-electron chi connectivity index (χ1n) is 5.82. The molecule has 0 aliphatic carbocycles. The maximum absolute atomic E-state index is 5.81. The summed E-state index contributed by atoms with van der Waals surface area (Å²) in [6, 6.07) is 0. The molecule has 0 saturated heterocycles. The molecule has 4 nitrogen and oxygen atoms in total. The van der Waals surface area contributed by atoms with Crippen molar-refractivity contribution in [3.63, 3.8) is 0 Å². The lowest BCUT2D eigenvalue weighted by Crippen LogP contribution is -2.12. The number of rotatable bonds is 7. The molecular formula is C12H20BrN3O. The van der Waals surface area contributed by atoms with Gasteiger partial charge >= 0.3 is 0 Å². The standard InChI is InChI=1S/C12H20BrN3O/c1-9(2)3-5-17-6-4-16-12-10(13)7-15-8-11(12)14/h7-9H,3-6,14H2,1-2H3,(H,15,16). The van der Waals surface area contributed by atoms with Gasteiger partial charge in [-0.1, -0.05) is 13.8 Å². The number of nitrogens with zero attached hydrogens (tertiary/aromatic N) is 1. The second-order valence-corrected chi connectivity index (χ2v) is 5.16. The average molecular weight is 302 g/mol. The monoisotopic (exact) mass is 301 g/mol. The number of aromatic nitrogens is 1. The summed E-state index contributed by atoms with van der Waals surface area (Å²) in [4.78, 5) is 3.98. The lowest BCUT2D eigenvalue weighted by molar-refractivity contribution is 0.132. The number of hydrogen-bond acceptors (Lipinski definition) is 4. The third-order valence-corrected chi connectivity index (χ3v) is 2.92. The van der Waals surface area contributed by atoms with E-state index in [-0.39, 0.29) is 0 Å². The van der Waals surface area contributed by atoms with Gasteiger partial charge in [0.05, 0.1) is 28.7 Å². The van der Waals surface area contributed by atoms with Gasteiger partial charge in [-0.05, 0) is 28.3 Å². The molecule has 0 aromatic carbocycles. The van der Waals surface area contributed by atoms with Crippen LogP contribution in [-0.2, 0) is 4.74 Å². The molecule has 0 fully saturated rings. The molecule has 1 aromatic rings. The van der Waals surface area contributed by atoms with Crippen molar-refractivity contribution in [1.82, 2.24) is 4.98 Å². The minimum Gasteiger partial charge on any atom is -0.396 e. The van der Waals surface area contributed by atoms with Crippen molar-refractivity contribution in [2.24, 2.45) is 5.92 Å². The van der Waals surface area contributed by atoms with Gasteiger partial charge in [-0.15, -0.1) is 0 Å². The van der Waals surface area contributed by atoms with Crippen molar-refractivity contribution in [2.75, 3.05) is 30.8 Å². The van der Waals surface area contributed by atoms with Gasteiger partial charge in [0, 0.05) is 19.3 Å². The van der Waals surface area contributed by atoms with E-state index in [0.717, 1.165) is 29.7 Å². The van der Waals surface area contributed by atoms with E-state index >= 15 is 0 Å². The van der Waals surface area contributed by atoms with E-state index in [2.05, 4.69) is 40.1 Å². The van der Waals surface area contributed by atoms with E-state index in [1.54, 1.807) is 12.4 Å². The Morgan fingerprint density at radius 2 is 2.18 bits per heavy atom. The highest BCUT2D eigenvalue weighted by Crippen LogP contribution is 2.26. The van der Waals surface area contributed by atoms with E-state index in [9.17, 15) is 0 Å². The van der Waals surface area contributed by atoms with E-state index in [1.165, 1.54) is 0 Å². The largest absolute Gasteiger partial charge is 0.396 e. The van der Waals surface area contributed by atoms with Crippen molar-refractivity contribution in [2.45, 2.75) is 20.3 Å². The molecule has 0 aliphatic heterocycles. The fourth-order valence-corrected chi connectivity index (χ4v) is 1.79. The quantitative estimate of drug-likeness (QED) is 0.760. The summed E-state index contributed by atoms with van der Waals surface area (Å²) in [6.45, 7) is 6.62. The summed E-state index contributed by atoms with van der Waals surface area (Å²) >= 11 is 3.40. The van der Waals surface area contributed by atoms with Gasteiger partial charge in [-0.3, -0.25) is 4.98 Å². The molecule has 0 saturated carbocycles. The van der Waals surface area contributed by atoms with E-state index < -0.39 is 0 Å². The number of nitrogen functional groups attached to an aromatic ring is 1. The van der Waals surface area contributed by atoms with E-state index in [0.29, 0.717) is 18.2 Å². The highest BCUT2D eigenvalue weighted by molar-refractivity contribution is 9.10. The normalized spacial score (nSPS) is 10.8. The van der Waals surface area contributed by atoms with Crippen LogP contribution < -0.4 is 11.1 Å². The molecule has 5 heteroatoms. The number of anilines is 2. The average Bonchev–Trinajstić information content (AvgIpc) is 2.26. The van der Waals surface area contributed by atoms with Crippen LogP contribution in [0.5, 0.6) is 0 Å². The second kappa shape index (κ2) is 7.50. The van der Waals surface area contributed by atoms with Crippen molar-refractivity contribution >= 4 is 27.3 Å². The number of pyridine rings is 1. The van der Waals surface area contributed by atoms with Crippen LogP contribution in [0.25, 0.3) is 0 Å². The van der Waals surface area contributed by atoms with E-state index in [1.807, 2.05) is 0 Å². The summed E-state index contributed by atoms with van der Waals surface area (Å²) in [7, 11) is 0. The molecule has 0 atom stereocenters. The third-order valence-electron chi connectivity index (χ3n) is 2.32. The van der Waals surface area contributed by atoms with Crippen LogP contribution in [0.2, 0.25) is 0 Å². The Morgan fingerprint density at radius 1 is 1.41 bits per heavy atom. The van der Waals surface area contributed by atoms with Crippen LogP contribution in [-0.4, -0.2) is 24.7 Å². The van der Waals surface area contributed by atoms with Gasteiger partial charge in [0.2, 0.25) is 0 Å². The minimum absolute atomic E-state index is 0.640. The Kier molecular flexibility index (Phi) is 6.29. The summed E-state index contributed by atoms with van der Waals surface area (Å²) < 4.78 is 6.39. The molecule has 0 aliphatic rings. The van der Waals surface area contributed by atoms with Crippen LogP contribution in [0.4, 0.5) is 11.4 Å². The molecule has 96 valence electrons. The van der Waals surface area contributed by atoms with Crippen molar-refractivity contribution in [1.29, 1.82) is 0 Å². The smallest absolute Gasteiger partial charge is 0.0750 e. The molecule has 0 amide bonds. The lowest BCUT2D eigenvalue weighted by Gasteiger charge is -2.11. The molecule has 1 heterocycles. The molecule has 0 radical (unpaired) electrons. The van der Waals surface area contributed by atoms with Gasteiger partial charge in [0.1, 0.15) is 0 Å². The molecule has 0 unspecified atom stereocenters. The SMILES string of the molecule is CC(C)CCOCCNc1c(N)cncc1Br. The first-order chi connectivity index (χ1) is 8.11. The molecule has 17 heavy (non-hydrogen) atoms. The number of halogens is 1. The Labute approximate surface area is 111 Å². The van der Waals surface area contributed by atoms with Crippen LogP contribution in [0.15, 0.2) is 16.9 Å². The van der Waals surface area contributed by atoms with Gasteiger partial charge in [-0.25, -0.2) is 0 Å². The first-order valence-corrected chi connectivity index (χ1v) is 6.61. The Hall–Kier alpha value is -0.810. The topological polar surface area (TPSA) is 60.2 Å². The van der Waals surface area contributed by atoms with Crippen molar-refractivity contribution < 1.29 is 4.74 Å². The van der Waals surface area contributed by atoms with Crippen LogP contribution in [0.1, 0.15) is 20.3 Å². The predicted octanol–water partition coefficient (Wildman–Crippen LogP) is 2.90. The molecule has 1 rings (SSSR count). The van der Waals surface area contributed by atoms with E-state index in [4.69, 9.17) is 10.5 Å². The zero-order chi connectivity index (χ0) is 12.7. The van der Waals surface area contributed by atoms with Crippen molar-refractivity contribution in [3.8, 4) is 0 Å². The fraction of sp³-hybridized carbons (Fsp3) is 0.583. The van der Waals surface area contributed by atoms with Gasteiger partial charge in [-0.2, -0.15) is 0 Å². The maximum atomic E-state index is 5.81. The Bertz CT molecular complexity index is 324. The van der Waals surface area contributed by atoms with Crippen LogP contribution in [0.3, 0.4) is 0 Å². The van der Waals surface area contributed by atoms with Crippen LogP contribution in [0, 0.1) is 5.92 Å². The molecule has 0 spiro atoms. The fourth-order valence-electron chi connectivity index (χ4n) is 1.31. The van der Waals surface area contributed by atoms with Crippen molar-refractivity contribution in [3.05, 3.63) is 16.9 Å². The Balaban J connectivity index is 2.22. The summed E-state index contributed by atoms with van der Waals surface area (Å²) in [5.41, 5.74) is 7.33. The summed E-state index contributed by atoms with van der Waals surface area (Å²) in [5.74, 6) is 0.688. The number of hydrogen-bond donors (Lipinski definition) is 2. The van der Waals surface area contributed by atoms with Crippen LogP contribution >= 0.6 is 15.9 Å². The molecule has 1 aromatic heterocycles. The minimum atomic E-state index is 0.640. The molecule has 0 bridgehead atoms. The number of nitrogens with one attached hydrogen (secondary N) is 1. The first kappa shape index (κ1) is 14.3. The zero-order valence-electron chi connectivity index (χ0n) is 10.4. The van der Waals surface area contributed by atoms with Gasteiger partial charge < -0.3 is 15.8 Å². The predicted molar refractivity (Wildman–Crippen MR) is 75.1 cm³/mol. The highest BCUT2D eigenvalue weighted by atomic mass is 79.9. The summed E-state index contributed by atoms with van der Waals surface area (Å²) in [5, 5.41) is 3.23. The number of nitrogens with two attached hydrogens (primary N) is 1. The maximum Gasteiger partial charge on any atom is 0.0750 e. The lowest BCUT2D eigenvalue weighted by atomic mass is 10.1. The second-order valence-electron chi connectivity index (χ2n) is 4.31. The third kappa shape index (κ3) is 5.37. The van der Waals surface area contributed by atoms with Gasteiger partial charge in [0.15, 0.2) is 0 Å². The Morgan fingerprint density at radius 3 is 2.82 bits per heavy atom. The molecule has 3 N–H and O–H groups in total. The highest BCUT2D eigenvalue weighted by Gasteiger charge is 2.03. The molecular weight excluding hydrogens is 282 g/mol. The zero-order valence-corrected chi connectivity index (χ0v) is 12.0.